The fourth-order valence-corrected chi connectivity index (χ4v) is 2.36. The molecule has 1 aliphatic carbocycles. The number of carbonyl (C=O) groups is 2. The summed E-state index contributed by atoms with van der Waals surface area (Å²) in [6.45, 7) is 3.33. The maximum Gasteiger partial charge on any atom is 0.308 e. The molecule has 0 radical (unpaired) electrons. The summed E-state index contributed by atoms with van der Waals surface area (Å²) in [7, 11) is 0. The van der Waals surface area contributed by atoms with E-state index in [4.69, 9.17) is 15.2 Å². The molecule has 1 amide bonds. The first kappa shape index (κ1) is 15.9. The van der Waals surface area contributed by atoms with Crippen molar-refractivity contribution in [3.05, 3.63) is 0 Å². The van der Waals surface area contributed by atoms with Gasteiger partial charge in [0.05, 0.1) is 19.1 Å². The van der Waals surface area contributed by atoms with Crippen molar-refractivity contribution >= 4 is 11.9 Å². The average Bonchev–Trinajstić information content (AvgIpc) is 2.38. The number of hydrogen-bond donors (Lipinski definition) is 2. The van der Waals surface area contributed by atoms with Crippen LogP contribution in [0.2, 0.25) is 0 Å². The van der Waals surface area contributed by atoms with Crippen LogP contribution in [0.5, 0.6) is 0 Å². The van der Waals surface area contributed by atoms with Crippen LogP contribution in [0.15, 0.2) is 0 Å². The number of ether oxygens (including phenoxy) is 2. The summed E-state index contributed by atoms with van der Waals surface area (Å²) < 4.78 is 10.1. The summed E-state index contributed by atoms with van der Waals surface area (Å²) >= 11 is 0. The lowest BCUT2D eigenvalue weighted by Crippen LogP contribution is -2.38. The Morgan fingerprint density at radius 3 is 2.84 bits per heavy atom. The molecule has 0 aliphatic heterocycles. The molecule has 0 aromatic heterocycles. The molecule has 0 saturated heterocycles. The van der Waals surface area contributed by atoms with Gasteiger partial charge >= 0.3 is 5.97 Å². The Kier molecular flexibility index (Phi) is 7.43. The zero-order valence-electron chi connectivity index (χ0n) is 11.5. The summed E-state index contributed by atoms with van der Waals surface area (Å²) in [4.78, 5) is 22.1. The number of nitrogens with one attached hydrogen (secondary N) is 1. The van der Waals surface area contributed by atoms with E-state index in [1.165, 1.54) is 0 Å². The lowest BCUT2D eigenvalue weighted by molar-refractivity contribution is -0.149. The van der Waals surface area contributed by atoms with Crippen molar-refractivity contribution in [3.63, 3.8) is 0 Å². The van der Waals surface area contributed by atoms with Gasteiger partial charge in [-0.15, -0.1) is 0 Å². The summed E-state index contributed by atoms with van der Waals surface area (Å²) in [5.41, 5.74) is 4.96. The molecule has 19 heavy (non-hydrogen) atoms. The second-order valence-electron chi connectivity index (χ2n) is 4.79. The van der Waals surface area contributed by atoms with E-state index in [1.807, 2.05) is 6.92 Å². The second kappa shape index (κ2) is 8.87. The largest absolute Gasteiger partial charge is 0.466 e. The molecular formula is C13H24N2O4. The fourth-order valence-electron chi connectivity index (χ4n) is 2.36. The lowest BCUT2D eigenvalue weighted by atomic mass is 9.86. The van der Waals surface area contributed by atoms with E-state index in [-0.39, 0.29) is 18.5 Å². The summed E-state index contributed by atoms with van der Waals surface area (Å²) in [6.07, 6.45) is 3.82. The minimum atomic E-state index is -0.458. The molecule has 0 aromatic carbocycles. The maximum atomic E-state index is 11.7. The van der Waals surface area contributed by atoms with Crippen LogP contribution in [-0.2, 0) is 19.1 Å². The molecule has 1 saturated carbocycles. The van der Waals surface area contributed by atoms with Crippen LogP contribution < -0.4 is 11.1 Å². The number of nitrogens with two attached hydrogens (primary N) is 1. The highest BCUT2D eigenvalue weighted by Crippen LogP contribution is 2.25. The van der Waals surface area contributed by atoms with Gasteiger partial charge in [-0.05, 0) is 26.2 Å². The topological polar surface area (TPSA) is 90.7 Å². The third-order valence-corrected chi connectivity index (χ3v) is 3.22. The zero-order valence-corrected chi connectivity index (χ0v) is 11.5. The smallest absolute Gasteiger partial charge is 0.308 e. The van der Waals surface area contributed by atoms with E-state index >= 15 is 0 Å². The minimum Gasteiger partial charge on any atom is -0.466 e. The van der Waals surface area contributed by atoms with Crippen molar-refractivity contribution in [1.29, 1.82) is 0 Å². The number of carbonyl (C=O) groups excluding carboxylic acids is 2. The van der Waals surface area contributed by atoms with Gasteiger partial charge in [0.1, 0.15) is 6.61 Å². The van der Waals surface area contributed by atoms with Gasteiger partial charge in [-0.25, -0.2) is 0 Å². The van der Waals surface area contributed by atoms with Crippen molar-refractivity contribution in [2.75, 3.05) is 26.4 Å². The van der Waals surface area contributed by atoms with E-state index in [2.05, 4.69) is 5.32 Å². The third-order valence-electron chi connectivity index (χ3n) is 3.22. The van der Waals surface area contributed by atoms with Crippen LogP contribution in [0.1, 0.15) is 32.6 Å². The Morgan fingerprint density at radius 2 is 2.16 bits per heavy atom. The first-order chi connectivity index (χ1) is 9.13. The Hall–Kier alpha value is -1.14. The monoisotopic (exact) mass is 272 g/mol. The molecule has 1 aliphatic rings. The Bertz CT molecular complexity index is 296. The van der Waals surface area contributed by atoms with Gasteiger partial charge in [0.2, 0.25) is 5.91 Å². The first-order valence-electron chi connectivity index (χ1n) is 6.89. The summed E-state index contributed by atoms with van der Waals surface area (Å²) in [5.74, 6) is -0.531. The number of rotatable bonds is 8. The van der Waals surface area contributed by atoms with E-state index in [0.29, 0.717) is 25.8 Å². The average molecular weight is 272 g/mol. The van der Waals surface area contributed by atoms with Crippen LogP contribution in [0.25, 0.3) is 0 Å². The molecule has 6 nitrogen and oxygen atoms in total. The molecule has 110 valence electrons. The molecule has 0 heterocycles. The van der Waals surface area contributed by atoms with Gasteiger partial charge in [0.25, 0.3) is 0 Å². The number of amides is 1. The highest BCUT2D eigenvalue weighted by molar-refractivity contribution is 5.75. The van der Waals surface area contributed by atoms with Crippen LogP contribution in [0.4, 0.5) is 0 Å². The molecule has 0 bridgehead atoms. The first-order valence-corrected chi connectivity index (χ1v) is 6.89. The lowest BCUT2D eigenvalue weighted by Gasteiger charge is -2.28. The van der Waals surface area contributed by atoms with E-state index in [0.717, 1.165) is 25.7 Å². The van der Waals surface area contributed by atoms with Crippen molar-refractivity contribution in [2.45, 2.75) is 38.6 Å². The van der Waals surface area contributed by atoms with Crippen LogP contribution >= 0.6 is 0 Å². The Balaban J connectivity index is 2.16. The molecule has 6 heteroatoms. The van der Waals surface area contributed by atoms with Gasteiger partial charge in [-0.3, -0.25) is 9.59 Å². The van der Waals surface area contributed by atoms with E-state index < -0.39 is 5.91 Å². The van der Waals surface area contributed by atoms with Crippen LogP contribution in [0, 0.1) is 5.92 Å². The Morgan fingerprint density at radius 1 is 1.37 bits per heavy atom. The highest BCUT2D eigenvalue weighted by atomic mass is 16.5. The van der Waals surface area contributed by atoms with Gasteiger partial charge in [0, 0.05) is 12.6 Å². The second-order valence-corrected chi connectivity index (χ2v) is 4.79. The van der Waals surface area contributed by atoms with Crippen LogP contribution in [-0.4, -0.2) is 44.3 Å². The standard InChI is InChI=1S/C13H24N2O4/c1-2-19-13(17)10-4-3-5-11(8-10)15-6-7-18-9-12(14)16/h10-11,15H,2-9H2,1H3,(H2,14,16). The number of primary amides is 1. The molecule has 3 N–H and O–H groups in total. The van der Waals surface area contributed by atoms with Crippen molar-refractivity contribution in [3.8, 4) is 0 Å². The SMILES string of the molecule is CCOC(=O)C1CCCC(NCCOCC(N)=O)C1. The molecular weight excluding hydrogens is 248 g/mol. The molecule has 1 fully saturated rings. The molecule has 2 atom stereocenters. The minimum absolute atomic E-state index is 0.0118. The number of hydrogen-bond acceptors (Lipinski definition) is 5. The fraction of sp³-hybridized carbons (Fsp3) is 0.846. The van der Waals surface area contributed by atoms with Crippen molar-refractivity contribution in [2.24, 2.45) is 11.7 Å². The van der Waals surface area contributed by atoms with Gasteiger partial charge in [-0.2, -0.15) is 0 Å². The number of esters is 1. The van der Waals surface area contributed by atoms with E-state index in [9.17, 15) is 9.59 Å². The predicted molar refractivity (Wildman–Crippen MR) is 70.4 cm³/mol. The maximum absolute atomic E-state index is 11.7. The summed E-state index contributed by atoms with van der Waals surface area (Å²) in [6, 6.07) is 0.320. The molecule has 0 spiro atoms. The van der Waals surface area contributed by atoms with E-state index in [1.54, 1.807) is 0 Å². The predicted octanol–water partition coefficient (Wildman–Crippen LogP) is 0.200. The van der Waals surface area contributed by atoms with Crippen molar-refractivity contribution in [1.82, 2.24) is 5.32 Å². The molecule has 0 aromatic rings. The highest BCUT2D eigenvalue weighted by Gasteiger charge is 2.27. The van der Waals surface area contributed by atoms with Gasteiger partial charge in [0.15, 0.2) is 0 Å². The quantitative estimate of drug-likeness (QED) is 0.486. The zero-order chi connectivity index (χ0) is 14.1. The molecule has 2 unspecified atom stereocenters. The van der Waals surface area contributed by atoms with Crippen LogP contribution in [0.3, 0.4) is 0 Å². The van der Waals surface area contributed by atoms with Gasteiger partial charge < -0.3 is 20.5 Å². The Labute approximate surface area is 114 Å². The third kappa shape index (κ3) is 6.54. The summed E-state index contributed by atoms with van der Waals surface area (Å²) in [5, 5.41) is 3.34. The van der Waals surface area contributed by atoms with Crippen molar-refractivity contribution < 1.29 is 19.1 Å². The van der Waals surface area contributed by atoms with Gasteiger partial charge in [-0.1, -0.05) is 6.42 Å². The normalized spacial score (nSPS) is 23.0. The molecule has 1 rings (SSSR count).